The molecular weight excluding hydrogens is 238 g/mol. The summed E-state index contributed by atoms with van der Waals surface area (Å²) in [5, 5.41) is 3.37. The highest BCUT2D eigenvalue weighted by molar-refractivity contribution is 5.85. The number of nitrogens with one attached hydrogen (secondary N) is 1. The second-order valence-electron chi connectivity index (χ2n) is 4.44. The number of furan rings is 1. The van der Waals surface area contributed by atoms with Crippen LogP contribution in [0.2, 0.25) is 0 Å². The van der Waals surface area contributed by atoms with E-state index in [4.69, 9.17) is 9.15 Å². The predicted molar refractivity (Wildman–Crippen MR) is 70.5 cm³/mol. The van der Waals surface area contributed by atoms with Gasteiger partial charge in [0.2, 0.25) is 0 Å². The van der Waals surface area contributed by atoms with Gasteiger partial charge >= 0.3 is 0 Å². The van der Waals surface area contributed by atoms with Crippen LogP contribution in [-0.4, -0.2) is 19.3 Å². The summed E-state index contributed by atoms with van der Waals surface area (Å²) in [4.78, 5) is 0. The smallest absolute Gasteiger partial charge is 0.0947 e. The normalized spacial score (nSPS) is 16.0. The number of rotatable bonds is 7. The van der Waals surface area contributed by atoms with E-state index in [1.165, 1.54) is 31.2 Å². The molecule has 3 nitrogen and oxygen atoms in total. The summed E-state index contributed by atoms with van der Waals surface area (Å²) in [6, 6.07) is 1.99. The minimum atomic E-state index is 0. The predicted octanol–water partition coefficient (Wildman–Crippen LogP) is 3.14. The van der Waals surface area contributed by atoms with Gasteiger partial charge in [0.1, 0.15) is 0 Å². The molecule has 0 aromatic carbocycles. The summed E-state index contributed by atoms with van der Waals surface area (Å²) in [6.45, 7) is 2.79. The van der Waals surface area contributed by atoms with Crippen LogP contribution >= 0.6 is 12.4 Å². The first-order valence-corrected chi connectivity index (χ1v) is 6.28. The summed E-state index contributed by atoms with van der Waals surface area (Å²) >= 11 is 0. The zero-order valence-electron chi connectivity index (χ0n) is 10.2. The number of hydrogen-bond acceptors (Lipinski definition) is 3. The average molecular weight is 260 g/mol. The second kappa shape index (κ2) is 8.56. The van der Waals surface area contributed by atoms with E-state index in [-0.39, 0.29) is 12.4 Å². The summed E-state index contributed by atoms with van der Waals surface area (Å²) in [5.74, 6) is 0. The van der Waals surface area contributed by atoms with Crippen molar-refractivity contribution in [3.05, 3.63) is 24.2 Å². The van der Waals surface area contributed by atoms with Gasteiger partial charge in [0.05, 0.1) is 18.6 Å². The topological polar surface area (TPSA) is 34.4 Å². The third-order valence-electron chi connectivity index (χ3n) is 3.06. The zero-order valence-corrected chi connectivity index (χ0v) is 11.0. The van der Waals surface area contributed by atoms with Gasteiger partial charge in [-0.05, 0) is 31.9 Å². The van der Waals surface area contributed by atoms with E-state index in [9.17, 15) is 0 Å². The fraction of sp³-hybridized carbons (Fsp3) is 0.692. The van der Waals surface area contributed by atoms with E-state index in [0.717, 1.165) is 26.1 Å². The Morgan fingerprint density at radius 2 is 2.18 bits per heavy atom. The van der Waals surface area contributed by atoms with Crippen LogP contribution in [0, 0.1) is 0 Å². The van der Waals surface area contributed by atoms with Crippen molar-refractivity contribution in [2.24, 2.45) is 0 Å². The summed E-state index contributed by atoms with van der Waals surface area (Å²) in [7, 11) is 0. The number of ether oxygens (including phenoxy) is 1. The summed E-state index contributed by atoms with van der Waals surface area (Å²) in [6.07, 6.45) is 10.4. The first-order chi connectivity index (χ1) is 7.95. The molecular formula is C13H22ClNO2. The first kappa shape index (κ1) is 14.6. The lowest BCUT2D eigenvalue weighted by Gasteiger charge is -2.10. The maximum Gasteiger partial charge on any atom is 0.0947 e. The quantitative estimate of drug-likeness (QED) is 0.764. The van der Waals surface area contributed by atoms with Gasteiger partial charge in [-0.3, -0.25) is 0 Å². The summed E-state index contributed by atoms with van der Waals surface area (Å²) in [5.41, 5.74) is 1.21. The van der Waals surface area contributed by atoms with Crippen LogP contribution < -0.4 is 5.32 Å². The van der Waals surface area contributed by atoms with E-state index in [1.54, 1.807) is 12.5 Å². The van der Waals surface area contributed by atoms with Crippen LogP contribution in [0.1, 0.15) is 37.7 Å². The minimum Gasteiger partial charge on any atom is -0.472 e. The lowest BCUT2D eigenvalue weighted by molar-refractivity contribution is 0.0568. The molecule has 1 saturated carbocycles. The molecule has 0 aliphatic heterocycles. The fourth-order valence-corrected chi connectivity index (χ4v) is 2.13. The highest BCUT2D eigenvalue weighted by Crippen LogP contribution is 2.20. The Labute approximate surface area is 109 Å². The van der Waals surface area contributed by atoms with Crippen molar-refractivity contribution < 1.29 is 9.15 Å². The minimum absolute atomic E-state index is 0. The van der Waals surface area contributed by atoms with Crippen molar-refractivity contribution >= 4 is 12.4 Å². The monoisotopic (exact) mass is 259 g/mol. The molecule has 1 N–H and O–H groups in total. The van der Waals surface area contributed by atoms with Crippen molar-refractivity contribution in [3.63, 3.8) is 0 Å². The van der Waals surface area contributed by atoms with E-state index in [0.29, 0.717) is 6.10 Å². The lowest BCUT2D eigenvalue weighted by atomic mass is 10.3. The standard InChI is InChI=1S/C13H21NO2.ClH/c1-2-5-13(4-1)16-8-3-7-14-10-12-6-9-15-11-12;/h6,9,11,13-14H,1-5,7-8,10H2;1H. The molecule has 0 saturated heterocycles. The van der Waals surface area contributed by atoms with Crippen LogP contribution in [0.25, 0.3) is 0 Å². The molecule has 2 rings (SSSR count). The highest BCUT2D eigenvalue weighted by Gasteiger charge is 2.14. The third kappa shape index (κ3) is 5.57. The van der Waals surface area contributed by atoms with E-state index in [1.807, 2.05) is 6.07 Å². The van der Waals surface area contributed by atoms with Gasteiger partial charge in [-0.1, -0.05) is 12.8 Å². The molecule has 1 aromatic rings. The zero-order chi connectivity index (χ0) is 11.1. The number of hydrogen-bond donors (Lipinski definition) is 1. The van der Waals surface area contributed by atoms with Crippen molar-refractivity contribution in [1.29, 1.82) is 0 Å². The van der Waals surface area contributed by atoms with Gasteiger partial charge in [-0.15, -0.1) is 12.4 Å². The molecule has 4 heteroatoms. The van der Waals surface area contributed by atoms with E-state index >= 15 is 0 Å². The largest absolute Gasteiger partial charge is 0.472 e. The Morgan fingerprint density at radius 3 is 2.88 bits per heavy atom. The molecule has 0 amide bonds. The molecule has 0 atom stereocenters. The molecule has 0 unspecified atom stereocenters. The van der Waals surface area contributed by atoms with Crippen LogP contribution in [0.15, 0.2) is 23.0 Å². The van der Waals surface area contributed by atoms with Crippen LogP contribution in [0.5, 0.6) is 0 Å². The Hall–Kier alpha value is -0.510. The molecule has 98 valence electrons. The molecule has 1 heterocycles. The highest BCUT2D eigenvalue weighted by atomic mass is 35.5. The molecule has 17 heavy (non-hydrogen) atoms. The molecule has 1 aromatic heterocycles. The molecule has 1 fully saturated rings. The van der Waals surface area contributed by atoms with Gasteiger partial charge in [0.25, 0.3) is 0 Å². The van der Waals surface area contributed by atoms with Crippen LogP contribution in [-0.2, 0) is 11.3 Å². The SMILES string of the molecule is Cl.c1cc(CNCCCOC2CCCC2)co1. The Balaban J connectivity index is 0.00000144. The van der Waals surface area contributed by atoms with Crippen molar-refractivity contribution in [3.8, 4) is 0 Å². The Kier molecular flexibility index (Phi) is 7.33. The van der Waals surface area contributed by atoms with Gasteiger partial charge in [-0.25, -0.2) is 0 Å². The number of halogens is 1. The molecule has 0 bridgehead atoms. The van der Waals surface area contributed by atoms with Crippen LogP contribution in [0.4, 0.5) is 0 Å². The van der Waals surface area contributed by atoms with Gasteiger partial charge < -0.3 is 14.5 Å². The third-order valence-corrected chi connectivity index (χ3v) is 3.06. The molecule has 1 aliphatic rings. The van der Waals surface area contributed by atoms with Crippen molar-refractivity contribution in [2.45, 2.75) is 44.8 Å². The van der Waals surface area contributed by atoms with Crippen LogP contribution in [0.3, 0.4) is 0 Å². The molecule has 1 aliphatic carbocycles. The second-order valence-corrected chi connectivity index (χ2v) is 4.44. The lowest BCUT2D eigenvalue weighted by Crippen LogP contribution is -2.17. The average Bonchev–Trinajstić information content (AvgIpc) is 2.96. The first-order valence-electron chi connectivity index (χ1n) is 6.28. The maximum atomic E-state index is 5.78. The van der Waals surface area contributed by atoms with Gasteiger partial charge in [-0.2, -0.15) is 0 Å². The van der Waals surface area contributed by atoms with E-state index in [2.05, 4.69) is 5.32 Å². The van der Waals surface area contributed by atoms with Gasteiger partial charge in [0.15, 0.2) is 0 Å². The summed E-state index contributed by atoms with van der Waals surface area (Å²) < 4.78 is 10.8. The maximum absolute atomic E-state index is 5.78. The van der Waals surface area contributed by atoms with Gasteiger partial charge in [0, 0.05) is 18.7 Å². The molecule has 0 radical (unpaired) electrons. The molecule has 0 spiro atoms. The van der Waals surface area contributed by atoms with Crippen molar-refractivity contribution in [1.82, 2.24) is 5.32 Å². The Bertz CT molecular complexity index is 271. The van der Waals surface area contributed by atoms with Crippen molar-refractivity contribution in [2.75, 3.05) is 13.2 Å². The van der Waals surface area contributed by atoms with E-state index < -0.39 is 0 Å². The Morgan fingerprint density at radius 1 is 1.35 bits per heavy atom. The fourth-order valence-electron chi connectivity index (χ4n) is 2.13.